The quantitative estimate of drug-likeness (QED) is 0.614. The number of amides is 1. The Kier molecular flexibility index (Phi) is 7.33. The lowest BCUT2D eigenvalue weighted by molar-refractivity contribution is -0.140. The molecule has 1 amide bonds. The highest BCUT2D eigenvalue weighted by Gasteiger charge is 2.36. The standard InChI is InChI=1S/C25H29F3N2O3S/c26-25(27,28)20-11-15-22(16-12-20)34(32,33)29-21-13-9-19(10-14-21)24(31)30-17-5-4-8-23(30)18-6-2-1-3-7-18/h1-3,6-7,11-12,15-16,19,21,23,29H,4-5,8-10,13-14,17H2/t19-,21-,23?. The van der Waals surface area contributed by atoms with Crippen LogP contribution in [0, 0.1) is 5.92 Å². The summed E-state index contributed by atoms with van der Waals surface area (Å²) in [4.78, 5) is 15.2. The van der Waals surface area contributed by atoms with E-state index in [9.17, 15) is 26.4 Å². The fraction of sp³-hybridized carbons (Fsp3) is 0.480. The predicted octanol–water partition coefficient (Wildman–Crippen LogP) is 5.30. The van der Waals surface area contributed by atoms with E-state index in [-0.39, 0.29) is 28.8 Å². The van der Waals surface area contributed by atoms with Crippen LogP contribution in [0.2, 0.25) is 0 Å². The zero-order valence-corrected chi connectivity index (χ0v) is 19.6. The largest absolute Gasteiger partial charge is 0.416 e. The minimum Gasteiger partial charge on any atom is -0.335 e. The van der Waals surface area contributed by atoms with Crippen LogP contribution in [-0.2, 0) is 21.0 Å². The number of benzene rings is 2. The lowest BCUT2D eigenvalue weighted by Gasteiger charge is -2.39. The molecule has 9 heteroatoms. The van der Waals surface area contributed by atoms with Gasteiger partial charge in [-0.3, -0.25) is 4.79 Å². The number of alkyl halides is 3. The highest BCUT2D eigenvalue weighted by Crippen LogP contribution is 2.35. The molecule has 1 saturated carbocycles. The van der Waals surface area contributed by atoms with Crippen LogP contribution in [0.1, 0.15) is 62.1 Å². The van der Waals surface area contributed by atoms with E-state index in [4.69, 9.17) is 0 Å². The maximum absolute atomic E-state index is 13.4. The molecule has 184 valence electrons. The van der Waals surface area contributed by atoms with Crippen molar-refractivity contribution in [2.45, 2.75) is 68.1 Å². The molecule has 1 atom stereocenters. The molecule has 1 aliphatic carbocycles. The van der Waals surface area contributed by atoms with Gasteiger partial charge in [0, 0.05) is 18.5 Å². The molecule has 1 unspecified atom stereocenters. The fourth-order valence-corrected chi connectivity index (χ4v) is 6.33. The predicted molar refractivity (Wildman–Crippen MR) is 122 cm³/mol. The van der Waals surface area contributed by atoms with E-state index in [0.29, 0.717) is 25.7 Å². The number of carbonyl (C=O) groups excluding carboxylic acids is 1. The van der Waals surface area contributed by atoms with E-state index in [1.807, 2.05) is 23.1 Å². The van der Waals surface area contributed by atoms with E-state index in [1.54, 1.807) is 0 Å². The van der Waals surface area contributed by atoms with Crippen molar-refractivity contribution in [3.8, 4) is 0 Å². The number of sulfonamides is 1. The number of rotatable bonds is 5. The Morgan fingerprint density at radius 1 is 0.882 bits per heavy atom. The highest BCUT2D eigenvalue weighted by atomic mass is 32.2. The monoisotopic (exact) mass is 494 g/mol. The lowest BCUT2D eigenvalue weighted by atomic mass is 9.84. The van der Waals surface area contributed by atoms with Crippen LogP contribution >= 0.6 is 0 Å². The third-order valence-electron chi connectivity index (χ3n) is 6.86. The number of carbonyl (C=O) groups is 1. The number of piperidine rings is 1. The molecule has 4 rings (SSSR count). The molecule has 2 aromatic carbocycles. The third kappa shape index (κ3) is 5.63. The molecule has 2 aromatic rings. The molecule has 2 aliphatic rings. The fourth-order valence-electron chi connectivity index (χ4n) is 5.02. The van der Waals surface area contributed by atoms with Crippen LogP contribution in [0.5, 0.6) is 0 Å². The van der Waals surface area contributed by atoms with Gasteiger partial charge in [0.2, 0.25) is 15.9 Å². The van der Waals surface area contributed by atoms with Gasteiger partial charge >= 0.3 is 6.18 Å². The summed E-state index contributed by atoms with van der Waals surface area (Å²) in [6.45, 7) is 0.735. The first-order chi connectivity index (χ1) is 16.1. The van der Waals surface area contributed by atoms with Crippen molar-refractivity contribution in [3.63, 3.8) is 0 Å². The van der Waals surface area contributed by atoms with Gasteiger partial charge in [-0.25, -0.2) is 13.1 Å². The number of halogens is 3. The van der Waals surface area contributed by atoms with Crippen molar-refractivity contribution in [1.82, 2.24) is 9.62 Å². The summed E-state index contributed by atoms with van der Waals surface area (Å²) in [5, 5.41) is 0. The maximum Gasteiger partial charge on any atom is 0.416 e. The van der Waals surface area contributed by atoms with Crippen LogP contribution in [0.25, 0.3) is 0 Å². The number of hydrogen-bond acceptors (Lipinski definition) is 3. The molecule has 34 heavy (non-hydrogen) atoms. The van der Waals surface area contributed by atoms with Gasteiger partial charge in [0.05, 0.1) is 16.5 Å². The first kappa shape index (κ1) is 24.7. The van der Waals surface area contributed by atoms with Crippen LogP contribution in [0.4, 0.5) is 13.2 Å². The Labute approximate surface area is 198 Å². The van der Waals surface area contributed by atoms with E-state index in [2.05, 4.69) is 16.9 Å². The molecule has 1 saturated heterocycles. The molecular formula is C25H29F3N2O3S. The molecular weight excluding hydrogens is 465 g/mol. The van der Waals surface area contributed by atoms with Gasteiger partial charge in [0.25, 0.3) is 0 Å². The number of likely N-dealkylation sites (tertiary alicyclic amines) is 1. The summed E-state index contributed by atoms with van der Waals surface area (Å²) >= 11 is 0. The van der Waals surface area contributed by atoms with Crippen molar-refractivity contribution in [3.05, 3.63) is 65.7 Å². The molecule has 1 aliphatic heterocycles. The summed E-state index contributed by atoms with van der Waals surface area (Å²) in [6, 6.07) is 13.3. The van der Waals surface area contributed by atoms with Crippen molar-refractivity contribution < 1.29 is 26.4 Å². The molecule has 0 aromatic heterocycles. The van der Waals surface area contributed by atoms with Gasteiger partial charge in [-0.15, -0.1) is 0 Å². The third-order valence-corrected chi connectivity index (χ3v) is 8.40. The van der Waals surface area contributed by atoms with Gasteiger partial charge in [0.15, 0.2) is 0 Å². The van der Waals surface area contributed by atoms with E-state index < -0.39 is 21.8 Å². The molecule has 2 fully saturated rings. The van der Waals surface area contributed by atoms with E-state index >= 15 is 0 Å². The second-order valence-electron chi connectivity index (χ2n) is 9.15. The molecule has 0 radical (unpaired) electrons. The molecule has 5 nitrogen and oxygen atoms in total. The molecule has 0 spiro atoms. The minimum absolute atomic E-state index is 0.0818. The Hall–Kier alpha value is -2.39. The Balaban J connectivity index is 1.36. The van der Waals surface area contributed by atoms with Crippen LogP contribution in [-0.4, -0.2) is 31.8 Å². The molecule has 1 N–H and O–H groups in total. The second kappa shape index (κ2) is 10.1. The maximum atomic E-state index is 13.4. The van der Waals surface area contributed by atoms with Gasteiger partial charge in [-0.2, -0.15) is 13.2 Å². The average molecular weight is 495 g/mol. The van der Waals surface area contributed by atoms with Crippen LogP contribution in [0.15, 0.2) is 59.5 Å². The second-order valence-corrected chi connectivity index (χ2v) is 10.9. The zero-order valence-electron chi connectivity index (χ0n) is 18.8. The summed E-state index contributed by atoms with van der Waals surface area (Å²) in [7, 11) is -3.94. The lowest BCUT2D eigenvalue weighted by Crippen LogP contribution is -2.45. The van der Waals surface area contributed by atoms with Crippen molar-refractivity contribution in [2.24, 2.45) is 5.92 Å². The summed E-state index contributed by atoms with van der Waals surface area (Å²) in [5.41, 5.74) is 0.255. The summed E-state index contributed by atoms with van der Waals surface area (Å²) < 4.78 is 66.2. The van der Waals surface area contributed by atoms with Gasteiger partial charge in [-0.1, -0.05) is 30.3 Å². The van der Waals surface area contributed by atoms with E-state index in [1.165, 1.54) is 0 Å². The Morgan fingerprint density at radius 3 is 2.15 bits per heavy atom. The van der Waals surface area contributed by atoms with Gasteiger partial charge in [0.1, 0.15) is 0 Å². The van der Waals surface area contributed by atoms with Crippen molar-refractivity contribution in [2.75, 3.05) is 6.54 Å². The number of nitrogens with zero attached hydrogens (tertiary/aromatic N) is 1. The summed E-state index contributed by atoms with van der Waals surface area (Å²) in [6.07, 6.45) is 0.681. The highest BCUT2D eigenvalue weighted by molar-refractivity contribution is 7.89. The van der Waals surface area contributed by atoms with Crippen LogP contribution in [0.3, 0.4) is 0 Å². The Bertz CT molecular complexity index is 1080. The van der Waals surface area contributed by atoms with Crippen molar-refractivity contribution in [1.29, 1.82) is 0 Å². The average Bonchev–Trinajstić information content (AvgIpc) is 2.84. The van der Waals surface area contributed by atoms with E-state index in [0.717, 1.165) is 55.6 Å². The SMILES string of the molecule is O=C([C@H]1CC[C@H](NS(=O)(=O)c2ccc(C(F)(F)F)cc2)CC1)N1CCCCC1c1ccccc1. The first-order valence-electron chi connectivity index (χ1n) is 11.7. The smallest absolute Gasteiger partial charge is 0.335 e. The van der Waals surface area contributed by atoms with Crippen molar-refractivity contribution >= 4 is 15.9 Å². The topological polar surface area (TPSA) is 66.5 Å². The number of nitrogens with one attached hydrogen (secondary N) is 1. The van der Waals surface area contributed by atoms with Crippen LogP contribution < -0.4 is 4.72 Å². The first-order valence-corrected chi connectivity index (χ1v) is 13.2. The van der Waals surface area contributed by atoms with Gasteiger partial charge in [-0.05, 0) is 74.8 Å². The molecule has 0 bridgehead atoms. The normalized spacial score (nSPS) is 24.1. The number of hydrogen-bond donors (Lipinski definition) is 1. The zero-order chi connectivity index (χ0) is 24.3. The minimum atomic E-state index is -4.52. The Morgan fingerprint density at radius 2 is 1.53 bits per heavy atom. The summed E-state index contributed by atoms with van der Waals surface area (Å²) in [5.74, 6) is -0.00580. The molecule has 1 heterocycles. The van der Waals surface area contributed by atoms with Gasteiger partial charge < -0.3 is 4.90 Å².